The summed E-state index contributed by atoms with van der Waals surface area (Å²) < 4.78 is 0. The van der Waals surface area contributed by atoms with E-state index in [0.717, 1.165) is 37.8 Å². The molecule has 3 aliphatic rings. The first-order valence-corrected chi connectivity index (χ1v) is 8.20. The van der Waals surface area contributed by atoms with Gasteiger partial charge in [0.25, 0.3) is 0 Å². The maximum absolute atomic E-state index is 12.3. The molecule has 3 aliphatic carbocycles. The molecule has 3 nitrogen and oxygen atoms in total. The molecule has 0 aromatic rings. The number of nitrogens with one attached hydrogen (secondary N) is 1. The van der Waals surface area contributed by atoms with Gasteiger partial charge in [-0.25, -0.2) is 0 Å². The first-order valence-electron chi connectivity index (χ1n) is 8.20. The Hall–Kier alpha value is -0.570. The summed E-state index contributed by atoms with van der Waals surface area (Å²) in [4.78, 5) is 12.3. The van der Waals surface area contributed by atoms with Crippen molar-refractivity contribution in [3.8, 4) is 0 Å². The molecule has 0 saturated heterocycles. The molecule has 3 saturated carbocycles. The maximum Gasteiger partial charge on any atom is 0.223 e. The predicted octanol–water partition coefficient (Wildman–Crippen LogP) is 2.45. The van der Waals surface area contributed by atoms with E-state index in [-0.39, 0.29) is 11.3 Å². The van der Waals surface area contributed by atoms with Crippen molar-refractivity contribution < 1.29 is 4.79 Å². The molecular weight excluding hydrogens is 236 g/mol. The van der Waals surface area contributed by atoms with Crippen LogP contribution in [-0.2, 0) is 4.79 Å². The van der Waals surface area contributed by atoms with Crippen molar-refractivity contribution >= 4 is 5.91 Å². The summed E-state index contributed by atoms with van der Waals surface area (Å²) in [6.45, 7) is 1.54. The highest BCUT2D eigenvalue weighted by atomic mass is 16.1. The van der Waals surface area contributed by atoms with Crippen LogP contribution < -0.4 is 11.1 Å². The van der Waals surface area contributed by atoms with Crippen LogP contribution in [0.25, 0.3) is 0 Å². The fourth-order valence-electron chi connectivity index (χ4n) is 4.16. The molecule has 3 atom stereocenters. The summed E-state index contributed by atoms with van der Waals surface area (Å²) in [5.41, 5.74) is 6.03. The molecule has 3 fully saturated rings. The van der Waals surface area contributed by atoms with Gasteiger partial charge in [-0.15, -0.1) is 0 Å². The third-order valence-electron chi connectivity index (χ3n) is 5.94. The van der Waals surface area contributed by atoms with E-state index in [1.807, 2.05) is 0 Å². The van der Waals surface area contributed by atoms with Crippen molar-refractivity contribution in [1.82, 2.24) is 5.32 Å². The van der Waals surface area contributed by atoms with Gasteiger partial charge >= 0.3 is 0 Å². The molecule has 3 heteroatoms. The highest BCUT2D eigenvalue weighted by molar-refractivity contribution is 5.78. The lowest BCUT2D eigenvalue weighted by molar-refractivity contribution is -0.127. The molecule has 1 amide bonds. The van der Waals surface area contributed by atoms with Crippen LogP contribution in [0.1, 0.15) is 57.8 Å². The Balaban J connectivity index is 1.47. The molecule has 0 aliphatic heterocycles. The largest absolute Gasteiger partial charge is 0.355 e. The van der Waals surface area contributed by atoms with E-state index in [2.05, 4.69) is 5.32 Å². The normalized spacial score (nSPS) is 36.4. The molecule has 19 heavy (non-hydrogen) atoms. The van der Waals surface area contributed by atoms with Crippen molar-refractivity contribution in [1.29, 1.82) is 0 Å². The number of carbonyl (C=O) groups is 1. The van der Waals surface area contributed by atoms with Gasteiger partial charge in [0.1, 0.15) is 0 Å². The molecule has 3 N–H and O–H groups in total. The van der Waals surface area contributed by atoms with Crippen molar-refractivity contribution in [2.75, 3.05) is 13.1 Å². The zero-order chi connectivity index (χ0) is 13.3. The fraction of sp³-hybridized carbons (Fsp3) is 0.938. The average molecular weight is 264 g/mol. The van der Waals surface area contributed by atoms with Crippen LogP contribution in [0.5, 0.6) is 0 Å². The summed E-state index contributed by atoms with van der Waals surface area (Å²) >= 11 is 0. The van der Waals surface area contributed by atoms with Gasteiger partial charge in [-0.1, -0.05) is 25.7 Å². The number of nitrogens with two attached hydrogens (primary N) is 1. The van der Waals surface area contributed by atoms with E-state index in [1.165, 1.54) is 44.9 Å². The summed E-state index contributed by atoms with van der Waals surface area (Å²) in [6.07, 6.45) is 11.5. The number of fused-ring (bicyclic) bond motifs is 1. The summed E-state index contributed by atoms with van der Waals surface area (Å²) in [5, 5.41) is 3.18. The van der Waals surface area contributed by atoms with Crippen LogP contribution in [-0.4, -0.2) is 19.0 Å². The van der Waals surface area contributed by atoms with Crippen LogP contribution in [0.3, 0.4) is 0 Å². The first kappa shape index (κ1) is 13.4. The van der Waals surface area contributed by atoms with Gasteiger partial charge in [-0.05, 0) is 55.9 Å². The summed E-state index contributed by atoms with van der Waals surface area (Å²) in [7, 11) is 0. The van der Waals surface area contributed by atoms with Crippen LogP contribution in [0.2, 0.25) is 0 Å². The average Bonchev–Trinajstić information content (AvgIpc) is 3.25. The fourth-order valence-corrected chi connectivity index (χ4v) is 4.16. The summed E-state index contributed by atoms with van der Waals surface area (Å²) in [6, 6.07) is 0. The van der Waals surface area contributed by atoms with Crippen LogP contribution in [0, 0.1) is 23.2 Å². The molecule has 3 rings (SSSR count). The topological polar surface area (TPSA) is 55.1 Å². The lowest BCUT2D eigenvalue weighted by Gasteiger charge is -2.38. The molecule has 0 aromatic carbocycles. The number of carbonyl (C=O) groups excluding carboxylic acids is 1. The van der Waals surface area contributed by atoms with Crippen molar-refractivity contribution in [3.05, 3.63) is 0 Å². The number of rotatable bonds is 4. The second kappa shape index (κ2) is 5.43. The molecule has 0 spiro atoms. The molecule has 0 radical (unpaired) electrons. The first-order chi connectivity index (χ1) is 9.22. The Kier molecular flexibility index (Phi) is 3.84. The Labute approximate surface area is 116 Å². The SMILES string of the molecule is NCC1(CNC(=O)C2CCC3CCCCC3C2)CC1. The summed E-state index contributed by atoms with van der Waals surface area (Å²) in [5.74, 6) is 2.36. The second-order valence-electron chi connectivity index (χ2n) is 7.24. The number of amides is 1. The maximum atomic E-state index is 12.3. The Bertz CT molecular complexity index is 338. The minimum Gasteiger partial charge on any atom is -0.355 e. The van der Waals surface area contributed by atoms with E-state index in [0.29, 0.717) is 5.91 Å². The molecule has 108 valence electrons. The van der Waals surface area contributed by atoms with E-state index in [1.54, 1.807) is 0 Å². The minimum absolute atomic E-state index is 0.262. The number of hydrogen-bond donors (Lipinski definition) is 2. The Morgan fingerprint density at radius 2 is 1.84 bits per heavy atom. The quantitative estimate of drug-likeness (QED) is 0.819. The highest BCUT2D eigenvalue weighted by Crippen LogP contribution is 2.45. The van der Waals surface area contributed by atoms with E-state index < -0.39 is 0 Å². The standard InChI is InChI=1S/C16H28N2O/c17-10-16(7-8-16)11-18-15(19)14-6-5-12-3-1-2-4-13(12)9-14/h12-14H,1-11,17H2,(H,18,19). The van der Waals surface area contributed by atoms with Gasteiger partial charge in [-0.3, -0.25) is 4.79 Å². The van der Waals surface area contributed by atoms with Crippen molar-refractivity contribution in [3.63, 3.8) is 0 Å². The molecule has 0 heterocycles. The van der Waals surface area contributed by atoms with Crippen molar-refractivity contribution in [2.24, 2.45) is 28.9 Å². The van der Waals surface area contributed by atoms with E-state index in [9.17, 15) is 4.79 Å². The van der Waals surface area contributed by atoms with Gasteiger partial charge in [0, 0.05) is 12.5 Å². The van der Waals surface area contributed by atoms with Crippen LogP contribution in [0.15, 0.2) is 0 Å². The Morgan fingerprint density at radius 3 is 2.53 bits per heavy atom. The molecule has 0 aromatic heterocycles. The minimum atomic E-state index is 0.262. The monoisotopic (exact) mass is 264 g/mol. The third kappa shape index (κ3) is 2.96. The van der Waals surface area contributed by atoms with Gasteiger partial charge in [0.05, 0.1) is 0 Å². The third-order valence-corrected chi connectivity index (χ3v) is 5.94. The van der Waals surface area contributed by atoms with E-state index in [4.69, 9.17) is 5.73 Å². The van der Waals surface area contributed by atoms with Gasteiger partial charge < -0.3 is 11.1 Å². The molecule has 3 unspecified atom stereocenters. The lowest BCUT2D eigenvalue weighted by Crippen LogP contribution is -2.40. The van der Waals surface area contributed by atoms with Crippen LogP contribution >= 0.6 is 0 Å². The highest BCUT2D eigenvalue weighted by Gasteiger charge is 2.42. The zero-order valence-corrected chi connectivity index (χ0v) is 12.0. The van der Waals surface area contributed by atoms with E-state index >= 15 is 0 Å². The smallest absolute Gasteiger partial charge is 0.223 e. The molecule has 0 bridgehead atoms. The van der Waals surface area contributed by atoms with Gasteiger partial charge in [-0.2, -0.15) is 0 Å². The van der Waals surface area contributed by atoms with Crippen molar-refractivity contribution in [2.45, 2.75) is 57.8 Å². The lowest BCUT2D eigenvalue weighted by atomic mass is 9.67. The second-order valence-corrected chi connectivity index (χ2v) is 7.24. The Morgan fingerprint density at radius 1 is 1.11 bits per heavy atom. The van der Waals surface area contributed by atoms with Gasteiger partial charge in [0.15, 0.2) is 0 Å². The van der Waals surface area contributed by atoms with Crippen LogP contribution in [0.4, 0.5) is 0 Å². The van der Waals surface area contributed by atoms with Gasteiger partial charge in [0.2, 0.25) is 5.91 Å². The predicted molar refractivity (Wildman–Crippen MR) is 76.5 cm³/mol. The molecular formula is C16H28N2O. The number of hydrogen-bond acceptors (Lipinski definition) is 2. The zero-order valence-electron chi connectivity index (χ0n) is 12.0.